The quantitative estimate of drug-likeness (QED) is 0.756. The van der Waals surface area contributed by atoms with Gasteiger partial charge in [0.2, 0.25) is 11.8 Å². The lowest BCUT2D eigenvalue weighted by Crippen LogP contribution is -2.35. The maximum absolute atomic E-state index is 11.5. The summed E-state index contributed by atoms with van der Waals surface area (Å²) in [5, 5.41) is 2.76. The highest BCUT2D eigenvalue weighted by molar-refractivity contribution is 8.14. The standard InChI is InChI=1S/C10H16N2O3S/c1-7(13)11-3-4-12-6-9(5-10(12)15)16-8(2)14/h9H,3-6H2,1-2H3,(H,11,13). The van der Waals surface area contributed by atoms with Crippen LogP contribution in [-0.4, -0.2) is 46.7 Å². The largest absolute Gasteiger partial charge is 0.355 e. The normalized spacial score (nSPS) is 20.0. The number of hydrogen-bond donors (Lipinski definition) is 1. The first-order chi connectivity index (χ1) is 7.49. The van der Waals surface area contributed by atoms with Gasteiger partial charge in [0.25, 0.3) is 0 Å². The molecule has 1 heterocycles. The number of likely N-dealkylation sites (tertiary alicyclic amines) is 1. The number of nitrogens with zero attached hydrogens (tertiary/aromatic N) is 1. The third-order valence-electron chi connectivity index (χ3n) is 2.27. The molecule has 1 rings (SSSR count). The number of nitrogens with one attached hydrogen (secondary N) is 1. The van der Waals surface area contributed by atoms with Gasteiger partial charge in [-0.15, -0.1) is 0 Å². The number of thioether (sulfide) groups is 1. The minimum Gasteiger partial charge on any atom is -0.355 e. The monoisotopic (exact) mass is 244 g/mol. The van der Waals surface area contributed by atoms with Gasteiger partial charge in [0.15, 0.2) is 5.12 Å². The molecule has 1 atom stereocenters. The Morgan fingerprint density at radius 3 is 2.75 bits per heavy atom. The molecule has 16 heavy (non-hydrogen) atoms. The van der Waals surface area contributed by atoms with Crippen molar-refractivity contribution in [1.29, 1.82) is 0 Å². The molecule has 0 radical (unpaired) electrons. The van der Waals surface area contributed by atoms with E-state index in [9.17, 15) is 14.4 Å². The van der Waals surface area contributed by atoms with Gasteiger partial charge in [-0.2, -0.15) is 0 Å². The summed E-state index contributed by atoms with van der Waals surface area (Å²) in [4.78, 5) is 34.8. The van der Waals surface area contributed by atoms with Gasteiger partial charge >= 0.3 is 0 Å². The third kappa shape index (κ3) is 4.22. The molecule has 90 valence electrons. The summed E-state index contributed by atoms with van der Waals surface area (Å²) in [5.74, 6) is -0.0367. The molecule has 0 aromatic rings. The Morgan fingerprint density at radius 1 is 1.50 bits per heavy atom. The van der Waals surface area contributed by atoms with Crippen LogP contribution in [0.3, 0.4) is 0 Å². The van der Waals surface area contributed by atoms with Gasteiger partial charge in [0.1, 0.15) is 0 Å². The van der Waals surface area contributed by atoms with E-state index in [4.69, 9.17) is 0 Å². The Bertz CT molecular complexity index is 306. The fourth-order valence-corrected chi connectivity index (χ4v) is 2.58. The van der Waals surface area contributed by atoms with Gasteiger partial charge in [-0.25, -0.2) is 0 Å². The van der Waals surface area contributed by atoms with E-state index in [1.807, 2.05) is 0 Å². The molecule has 5 nitrogen and oxygen atoms in total. The zero-order chi connectivity index (χ0) is 12.1. The Morgan fingerprint density at radius 2 is 2.19 bits per heavy atom. The highest BCUT2D eigenvalue weighted by atomic mass is 32.2. The van der Waals surface area contributed by atoms with Crippen LogP contribution < -0.4 is 5.32 Å². The summed E-state index contributed by atoms with van der Waals surface area (Å²) in [6.45, 7) is 4.55. The van der Waals surface area contributed by atoms with Crippen molar-refractivity contribution in [2.75, 3.05) is 19.6 Å². The van der Waals surface area contributed by atoms with Crippen molar-refractivity contribution in [1.82, 2.24) is 10.2 Å². The molecule has 0 bridgehead atoms. The van der Waals surface area contributed by atoms with Crippen LogP contribution in [0, 0.1) is 0 Å². The maximum atomic E-state index is 11.5. The number of amides is 2. The summed E-state index contributed by atoms with van der Waals surface area (Å²) in [6.07, 6.45) is 0.421. The third-order valence-corrected chi connectivity index (χ3v) is 3.25. The summed E-state index contributed by atoms with van der Waals surface area (Å²) in [5.41, 5.74) is 0. The van der Waals surface area contributed by atoms with Crippen LogP contribution in [0.2, 0.25) is 0 Å². The highest BCUT2D eigenvalue weighted by Crippen LogP contribution is 2.23. The van der Waals surface area contributed by atoms with E-state index in [0.29, 0.717) is 26.1 Å². The van der Waals surface area contributed by atoms with E-state index in [0.717, 1.165) is 0 Å². The number of carbonyl (C=O) groups is 3. The first-order valence-corrected chi connectivity index (χ1v) is 6.06. The molecule has 0 saturated carbocycles. The second-order valence-corrected chi connectivity index (χ2v) is 5.24. The molecule has 1 N–H and O–H groups in total. The van der Waals surface area contributed by atoms with Crippen molar-refractivity contribution in [3.8, 4) is 0 Å². The Hall–Kier alpha value is -1.04. The lowest BCUT2D eigenvalue weighted by molar-refractivity contribution is -0.128. The van der Waals surface area contributed by atoms with E-state index in [1.165, 1.54) is 25.6 Å². The van der Waals surface area contributed by atoms with E-state index >= 15 is 0 Å². The molecule has 0 spiro atoms. The van der Waals surface area contributed by atoms with Crippen molar-refractivity contribution >= 4 is 28.7 Å². The number of rotatable bonds is 4. The lowest BCUT2D eigenvalue weighted by Gasteiger charge is -2.16. The predicted octanol–water partition coefficient (Wildman–Crippen LogP) is 0.00310. The molecule has 1 aliphatic heterocycles. The molecule has 1 fully saturated rings. The van der Waals surface area contributed by atoms with E-state index < -0.39 is 0 Å². The van der Waals surface area contributed by atoms with Gasteiger partial charge in [0.05, 0.1) is 0 Å². The zero-order valence-electron chi connectivity index (χ0n) is 9.49. The average molecular weight is 244 g/mol. The fraction of sp³-hybridized carbons (Fsp3) is 0.700. The summed E-state index contributed by atoms with van der Waals surface area (Å²) < 4.78 is 0. The van der Waals surface area contributed by atoms with Crippen LogP contribution in [-0.2, 0) is 14.4 Å². The summed E-state index contributed by atoms with van der Waals surface area (Å²) in [6, 6.07) is 0. The summed E-state index contributed by atoms with van der Waals surface area (Å²) in [7, 11) is 0. The highest BCUT2D eigenvalue weighted by Gasteiger charge is 2.30. The van der Waals surface area contributed by atoms with Crippen molar-refractivity contribution in [2.24, 2.45) is 0 Å². The van der Waals surface area contributed by atoms with E-state index in [2.05, 4.69) is 5.32 Å². The average Bonchev–Trinajstić information content (AvgIpc) is 2.45. The fourth-order valence-electron chi connectivity index (χ4n) is 1.63. The van der Waals surface area contributed by atoms with Gasteiger partial charge in [-0.3, -0.25) is 14.4 Å². The first-order valence-electron chi connectivity index (χ1n) is 5.18. The molecule has 1 unspecified atom stereocenters. The van der Waals surface area contributed by atoms with Crippen molar-refractivity contribution < 1.29 is 14.4 Å². The van der Waals surface area contributed by atoms with E-state index in [-0.39, 0.29) is 22.2 Å². The SMILES string of the molecule is CC(=O)NCCN1CC(SC(C)=O)CC1=O. The number of hydrogen-bond acceptors (Lipinski definition) is 4. The smallest absolute Gasteiger partial charge is 0.223 e. The topological polar surface area (TPSA) is 66.5 Å². The molecular weight excluding hydrogens is 228 g/mol. The molecule has 2 amide bonds. The van der Waals surface area contributed by atoms with Crippen LogP contribution in [0.25, 0.3) is 0 Å². The minimum absolute atomic E-state index is 0.0431. The van der Waals surface area contributed by atoms with Crippen LogP contribution in [0.15, 0.2) is 0 Å². The van der Waals surface area contributed by atoms with Gasteiger partial charge in [-0.1, -0.05) is 11.8 Å². The van der Waals surface area contributed by atoms with Crippen LogP contribution in [0.4, 0.5) is 0 Å². The molecule has 0 aromatic carbocycles. The number of carbonyl (C=O) groups excluding carboxylic acids is 3. The molecule has 1 aliphatic rings. The molecular formula is C10H16N2O3S. The van der Waals surface area contributed by atoms with Crippen molar-refractivity contribution in [2.45, 2.75) is 25.5 Å². The molecule has 1 saturated heterocycles. The van der Waals surface area contributed by atoms with Crippen LogP contribution in [0.5, 0.6) is 0 Å². The second-order valence-electron chi connectivity index (χ2n) is 3.76. The molecule has 0 aromatic heterocycles. The molecule has 0 aliphatic carbocycles. The van der Waals surface area contributed by atoms with Gasteiger partial charge in [-0.05, 0) is 0 Å². The Balaban J connectivity index is 2.31. The van der Waals surface area contributed by atoms with Crippen molar-refractivity contribution in [3.05, 3.63) is 0 Å². The predicted molar refractivity (Wildman–Crippen MR) is 61.9 cm³/mol. The van der Waals surface area contributed by atoms with E-state index in [1.54, 1.807) is 4.90 Å². The van der Waals surface area contributed by atoms with Crippen molar-refractivity contribution in [3.63, 3.8) is 0 Å². The maximum Gasteiger partial charge on any atom is 0.223 e. The van der Waals surface area contributed by atoms with Gasteiger partial charge < -0.3 is 10.2 Å². The second kappa shape index (κ2) is 5.89. The van der Waals surface area contributed by atoms with Crippen LogP contribution in [0.1, 0.15) is 20.3 Å². The Kier molecular flexibility index (Phi) is 4.79. The lowest BCUT2D eigenvalue weighted by atomic mass is 10.4. The first kappa shape index (κ1) is 13.0. The van der Waals surface area contributed by atoms with Crippen LogP contribution >= 0.6 is 11.8 Å². The van der Waals surface area contributed by atoms with Gasteiger partial charge in [0, 0.05) is 45.2 Å². The molecule has 6 heteroatoms. The minimum atomic E-state index is -0.0960. The Labute approximate surface area is 98.9 Å². The zero-order valence-corrected chi connectivity index (χ0v) is 10.3. The summed E-state index contributed by atoms with van der Waals surface area (Å²) >= 11 is 1.22.